The second-order valence-corrected chi connectivity index (χ2v) is 7.92. The van der Waals surface area contributed by atoms with Crippen LogP contribution in [0.2, 0.25) is 0 Å². The molecule has 146 valence electrons. The topological polar surface area (TPSA) is 55.8 Å². The molecule has 0 saturated carbocycles. The lowest BCUT2D eigenvalue weighted by Crippen LogP contribution is -2.35. The lowest BCUT2D eigenvalue weighted by Gasteiger charge is -2.22. The summed E-state index contributed by atoms with van der Waals surface area (Å²) in [5.74, 6) is -0.0149. The Labute approximate surface area is 169 Å². The number of nitrogens with zero attached hydrogens (tertiary/aromatic N) is 1. The monoisotopic (exact) mass is 397 g/mol. The third-order valence-electron chi connectivity index (χ3n) is 4.41. The van der Waals surface area contributed by atoms with Gasteiger partial charge in [0.25, 0.3) is 5.91 Å². The van der Waals surface area contributed by atoms with Crippen molar-refractivity contribution in [1.82, 2.24) is 0 Å². The molecule has 0 fully saturated rings. The van der Waals surface area contributed by atoms with Crippen molar-refractivity contribution in [2.75, 3.05) is 25.2 Å². The number of ether oxygens (including phenoxy) is 2. The van der Waals surface area contributed by atoms with Crippen molar-refractivity contribution in [1.29, 1.82) is 0 Å². The van der Waals surface area contributed by atoms with Gasteiger partial charge in [0.2, 0.25) is 0 Å². The molecular formula is C22H23NO4S. The molecule has 0 spiro atoms. The number of amides is 1. The molecule has 1 atom stereocenters. The highest BCUT2D eigenvalue weighted by atomic mass is 32.2. The maximum atomic E-state index is 12.7. The molecule has 1 amide bonds. The molecule has 0 N–H and O–H groups in total. The van der Waals surface area contributed by atoms with Crippen molar-refractivity contribution in [3.05, 3.63) is 60.2 Å². The summed E-state index contributed by atoms with van der Waals surface area (Å²) in [5, 5.41) is 0.425. The predicted molar refractivity (Wildman–Crippen MR) is 112 cm³/mol. The Morgan fingerprint density at radius 3 is 2.68 bits per heavy atom. The van der Waals surface area contributed by atoms with Gasteiger partial charge in [-0.25, -0.2) is 4.79 Å². The third kappa shape index (κ3) is 5.16. The summed E-state index contributed by atoms with van der Waals surface area (Å²) in [7, 11) is 1.60. The Morgan fingerprint density at radius 1 is 1.18 bits per heavy atom. The van der Waals surface area contributed by atoms with Crippen LogP contribution in [0.25, 0.3) is 6.08 Å². The average molecular weight is 397 g/mol. The number of carbonyl (C=O) groups is 2. The van der Waals surface area contributed by atoms with Crippen LogP contribution in [-0.2, 0) is 14.3 Å². The number of hydrogen-bond donors (Lipinski definition) is 0. The number of para-hydroxylation sites is 1. The van der Waals surface area contributed by atoms with Crippen LogP contribution in [0, 0.1) is 0 Å². The fraction of sp³-hybridized carbons (Fsp3) is 0.273. The average Bonchev–Trinajstić information content (AvgIpc) is 2.89. The molecule has 0 aromatic heterocycles. The largest absolute Gasteiger partial charge is 0.497 e. The number of rotatable bonds is 5. The summed E-state index contributed by atoms with van der Waals surface area (Å²) >= 11 is 1.76. The molecule has 2 aromatic rings. The van der Waals surface area contributed by atoms with E-state index < -0.39 is 5.97 Å². The van der Waals surface area contributed by atoms with E-state index in [2.05, 4.69) is 6.92 Å². The van der Waals surface area contributed by atoms with Gasteiger partial charge >= 0.3 is 5.97 Å². The zero-order valence-electron chi connectivity index (χ0n) is 16.0. The molecule has 1 aliphatic heterocycles. The van der Waals surface area contributed by atoms with Crippen LogP contribution in [0.1, 0.15) is 18.9 Å². The molecule has 6 heteroatoms. The minimum Gasteiger partial charge on any atom is -0.497 e. The molecule has 0 radical (unpaired) electrons. The summed E-state index contributed by atoms with van der Waals surface area (Å²) in [6.07, 6.45) is 3.85. The van der Waals surface area contributed by atoms with Gasteiger partial charge in [0, 0.05) is 22.8 Å². The van der Waals surface area contributed by atoms with E-state index in [1.54, 1.807) is 29.8 Å². The summed E-state index contributed by atoms with van der Waals surface area (Å²) in [6.45, 7) is 2.49. The molecular weight excluding hydrogens is 374 g/mol. The van der Waals surface area contributed by atoms with Crippen molar-refractivity contribution < 1.29 is 19.1 Å². The molecule has 0 aliphatic carbocycles. The van der Waals surface area contributed by atoms with E-state index in [-0.39, 0.29) is 12.5 Å². The van der Waals surface area contributed by atoms with Crippen LogP contribution >= 0.6 is 11.8 Å². The van der Waals surface area contributed by atoms with Crippen molar-refractivity contribution in [3.8, 4) is 5.75 Å². The Morgan fingerprint density at radius 2 is 1.93 bits per heavy atom. The van der Waals surface area contributed by atoms with Gasteiger partial charge in [0.1, 0.15) is 5.75 Å². The third-order valence-corrected chi connectivity index (χ3v) is 5.65. The molecule has 0 bridgehead atoms. The highest BCUT2D eigenvalue weighted by Crippen LogP contribution is 2.37. The standard InChI is InChI=1S/C22H23NO4S/c1-16-13-14-23(19-5-3-4-6-20(19)28-16)21(24)15-27-22(25)12-9-17-7-10-18(26-2)11-8-17/h3-12,16H,13-15H2,1-2H3/b12-9+. The maximum absolute atomic E-state index is 12.7. The first-order chi connectivity index (χ1) is 13.6. The number of carbonyl (C=O) groups excluding carboxylic acids is 2. The number of fused-ring (bicyclic) bond motifs is 1. The second kappa shape index (κ2) is 9.46. The van der Waals surface area contributed by atoms with Gasteiger partial charge in [-0.05, 0) is 42.3 Å². The van der Waals surface area contributed by atoms with Gasteiger partial charge in [-0.2, -0.15) is 0 Å². The molecule has 0 saturated heterocycles. The van der Waals surface area contributed by atoms with E-state index in [9.17, 15) is 9.59 Å². The summed E-state index contributed by atoms with van der Waals surface area (Å²) < 4.78 is 10.3. The van der Waals surface area contributed by atoms with Crippen molar-refractivity contribution >= 4 is 35.4 Å². The van der Waals surface area contributed by atoms with Gasteiger partial charge < -0.3 is 14.4 Å². The lowest BCUT2D eigenvalue weighted by molar-refractivity contribution is -0.142. The Kier molecular flexibility index (Phi) is 6.76. The normalized spacial score (nSPS) is 16.4. The quantitative estimate of drug-likeness (QED) is 0.560. The molecule has 1 heterocycles. The van der Waals surface area contributed by atoms with Gasteiger partial charge in [0.05, 0.1) is 12.8 Å². The molecule has 2 aromatic carbocycles. The van der Waals surface area contributed by atoms with E-state index in [1.807, 2.05) is 48.5 Å². The fourth-order valence-electron chi connectivity index (χ4n) is 2.88. The first kappa shape index (κ1) is 20.0. The summed E-state index contributed by atoms with van der Waals surface area (Å²) in [5.41, 5.74) is 1.73. The summed E-state index contributed by atoms with van der Waals surface area (Å²) in [4.78, 5) is 27.4. The van der Waals surface area contributed by atoms with Crippen molar-refractivity contribution in [2.24, 2.45) is 0 Å². The van der Waals surface area contributed by atoms with Crippen molar-refractivity contribution in [3.63, 3.8) is 0 Å². The van der Waals surface area contributed by atoms with Crippen molar-refractivity contribution in [2.45, 2.75) is 23.5 Å². The zero-order chi connectivity index (χ0) is 19.9. The number of hydrogen-bond acceptors (Lipinski definition) is 5. The minimum atomic E-state index is -0.546. The Hall–Kier alpha value is -2.73. The van der Waals surface area contributed by atoms with E-state index in [0.29, 0.717) is 11.8 Å². The van der Waals surface area contributed by atoms with Crippen LogP contribution in [0.5, 0.6) is 5.75 Å². The Bertz CT molecular complexity index is 863. The zero-order valence-corrected chi connectivity index (χ0v) is 16.8. The fourth-order valence-corrected chi connectivity index (χ4v) is 4.00. The predicted octanol–water partition coefficient (Wildman–Crippen LogP) is 4.17. The first-order valence-electron chi connectivity index (χ1n) is 9.12. The van der Waals surface area contributed by atoms with E-state index in [0.717, 1.165) is 28.3 Å². The molecule has 28 heavy (non-hydrogen) atoms. The lowest BCUT2D eigenvalue weighted by atomic mass is 10.2. The molecule has 5 nitrogen and oxygen atoms in total. The first-order valence-corrected chi connectivity index (χ1v) is 9.99. The molecule has 1 unspecified atom stereocenters. The van der Waals surface area contributed by atoms with Gasteiger partial charge in [-0.1, -0.05) is 31.2 Å². The molecule has 1 aliphatic rings. The van der Waals surface area contributed by atoms with Crippen LogP contribution in [0.4, 0.5) is 5.69 Å². The van der Waals surface area contributed by atoms with E-state index >= 15 is 0 Å². The Balaban J connectivity index is 1.58. The van der Waals surface area contributed by atoms with Crippen LogP contribution in [0.3, 0.4) is 0 Å². The SMILES string of the molecule is COc1ccc(/C=C/C(=O)OCC(=O)N2CCC(C)Sc3ccccc32)cc1. The van der Waals surface area contributed by atoms with Crippen LogP contribution in [0.15, 0.2) is 59.5 Å². The second-order valence-electron chi connectivity index (χ2n) is 6.44. The number of anilines is 1. The minimum absolute atomic E-state index is 0.214. The van der Waals surface area contributed by atoms with E-state index in [4.69, 9.17) is 9.47 Å². The van der Waals surface area contributed by atoms with E-state index in [1.165, 1.54) is 6.08 Å². The van der Waals surface area contributed by atoms with Crippen LogP contribution < -0.4 is 9.64 Å². The number of methoxy groups -OCH3 is 1. The smallest absolute Gasteiger partial charge is 0.331 e. The van der Waals surface area contributed by atoms with Gasteiger partial charge in [0.15, 0.2) is 6.61 Å². The number of benzene rings is 2. The highest BCUT2D eigenvalue weighted by Gasteiger charge is 2.24. The van der Waals surface area contributed by atoms with Gasteiger partial charge in [-0.3, -0.25) is 4.79 Å². The number of thioether (sulfide) groups is 1. The summed E-state index contributed by atoms with van der Waals surface area (Å²) in [6, 6.07) is 15.1. The van der Waals surface area contributed by atoms with Crippen LogP contribution in [-0.4, -0.2) is 37.4 Å². The van der Waals surface area contributed by atoms with Gasteiger partial charge in [-0.15, -0.1) is 11.8 Å². The maximum Gasteiger partial charge on any atom is 0.331 e. The highest BCUT2D eigenvalue weighted by molar-refractivity contribution is 8.00. The molecule has 3 rings (SSSR count). The number of esters is 1.